The highest BCUT2D eigenvalue weighted by atomic mass is 35.5. The first-order valence-corrected chi connectivity index (χ1v) is 5.29. The smallest absolute Gasteiger partial charge is 0.423 e. The molecule has 0 bridgehead atoms. The lowest BCUT2D eigenvalue weighted by atomic mass is 9.80. The third-order valence-electron chi connectivity index (χ3n) is 1.50. The number of hydrogen-bond donors (Lipinski definition) is 2. The van der Waals surface area contributed by atoms with Crippen molar-refractivity contribution in [3.05, 3.63) is 23.2 Å². The van der Waals surface area contributed by atoms with Gasteiger partial charge < -0.3 is 10.0 Å². The lowest BCUT2D eigenvalue weighted by Gasteiger charge is -2.04. The predicted molar refractivity (Wildman–Crippen MR) is 57.7 cm³/mol. The van der Waals surface area contributed by atoms with E-state index >= 15 is 0 Å². The minimum atomic E-state index is -1.45. The van der Waals surface area contributed by atoms with Crippen LogP contribution in [0, 0.1) is 0 Å². The van der Waals surface area contributed by atoms with Crippen LogP contribution in [0.25, 0.3) is 0 Å². The second kappa shape index (κ2) is 4.91. The third kappa shape index (κ3) is 3.23. The molecule has 1 rings (SSSR count). The average molecular weight is 216 g/mol. The molecule has 0 heterocycles. The molecule has 0 saturated heterocycles. The molecule has 0 aliphatic carbocycles. The molecular formula is C8H10BClO2S. The van der Waals surface area contributed by atoms with Gasteiger partial charge in [0.15, 0.2) is 0 Å². The first-order valence-electron chi connectivity index (χ1n) is 3.93. The molecule has 0 radical (unpaired) electrons. The van der Waals surface area contributed by atoms with Crippen molar-refractivity contribution in [2.45, 2.75) is 11.8 Å². The van der Waals surface area contributed by atoms with E-state index in [1.54, 1.807) is 23.9 Å². The van der Waals surface area contributed by atoms with Gasteiger partial charge in [-0.25, -0.2) is 0 Å². The Morgan fingerprint density at radius 1 is 1.38 bits per heavy atom. The average Bonchev–Trinajstić information content (AvgIpc) is 2.03. The number of rotatable bonds is 3. The monoisotopic (exact) mass is 216 g/mol. The lowest BCUT2D eigenvalue weighted by molar-refractivity contribution is 0.425. The Bertz CT molecular complexity index is 293. The van der Waals surface area contributed by atoms with Crippen LogP contribution < -0.4 is 5.46 Å². The van der Waals surface area contributed by atoms with Crippen LogP contribution in [0.2, 0.25) is 5.02 Å². The van der Waals surface area contributed by atoms with Crippen molar-refractivity contribution < 1.29 is 10.0 Å². The summed E-state index contributed by atoms with van der Waals surface area (Å²) in [6.45, 7) is 2.03. The molecule has 0 spiro atoms. The maximum atomic E-state index is 8.93. The zero-order chi connectivity index (χ0) is 9.84. The second-order valence-corrected chi connectivity index (χ2v) is 4.30. The first-order chi connectivity index (χ1) is 6.13. The Morgan fingerprint density at radius 3 is 2.62 bits per heavy atom. The highest BCUT2D eigenvalue weighted by Gasteiger charge is 2.12. The van der Waals surface area contributed by atoms with Crippen LogP contribution in [0.4, 0.5) is 0 Å². The summed E-state index contributed by atoms with van der Waals surface area (Å²) in [5.41, 5.74) is 0.434. The van der Waals surface area contributed by atoms with Crippen LogP contribution in [0.15, 0.2) is 23.1 Å². The molecule has 2 N–H and O–H groups in total. The molecule has 0 unspecified atom stereocenters. The van der Waals surface area contributed by atoms with E-state index in [1.165, 1.54) is 0 Å². The lowest BCUT2D eigenvalue weighted by Crippen LogP contribution is -2.29. The minimum Gasteiger partial charge on any atom is -0.423 e. The Kier molecular flexibility index (Phi) is 4.13. The molecule has 70 valence electrons. The summed E-state index contributed by atoms with van der Waals surface area (Å²) in [6, 6.07) is 5.08. The van der Waals surface area contributed by atoms with Crippen molar-refractivity contribution in [3.63, 3.8) is 0 Å². The molecule has 0 saturated carbocycles. The van der Waals surface area contributed by atoms with E-state index in [4.69, 9.17) is 21.6 Å². The van der Waals surface area contributed by atoms with Gasteiger partial charge in [-0.1, -0.05) is 18.5 Å². The SMILES string of the molecule is CCSc1cc(Cl)cc(B(O)O)c1. The Balaban J connectivity index is 2.96. The molecule has 13 heavy (non-hydrogen) atoms. The van der Waals surface area contributed by atoms with Crippen molar-refractivity contribution >= 4 is 35.9 Å². The van der Waals surface area contributed by atoms with Gasteiger partial charge in [-0.15, -0.1) is 11.8 Å². The van der Waals surface area contributed by atoms with Crippen molar-refractivity contribution in [2.75, 3.05) is 5.75 Å². The fourth-order valence-electron chi connectivity index (χ4n) is 0.983. The Labute approximate surface area is 87.1 Å². The van der Waals surface area contributed by atoms with Crippen LogP contribution in [0.3, 0.4) is 0 Å². The fraction of sp³-hybridized carbons (Fsp3) is 0.250. The van der Waals surface area contributed by atoms with Crippen LogP contribution in [-0.4, -0.2) is 22.9 Å². The summed E-state index contributed by atoms with van der Waals surface area (Å²) < 4.78 is 0. The highest BCUT2D eigenvalue weighted by molar-refractivity contribution is 7.99. The first kappa shape index (κ1) is 10.9. The normalized spacial score (nSPS) is 10.2. The van der Waals surface area contributed by atoms with Gasteiger partial charge in [0, 0.05) is 9.92 Å². The molecule has 1 aromatic rings. The number of benzene rings is 1. The maximum Gasteiger partial charge on any atom is 0.488 e. The van der Waals surface area contributed by atoms with E-state index in [9.17, 15) is 0 Å². The molecular weight excluding hydrogens is 206 g/mol. The van der Waals surface area contributed by atoms with Gasteiger partial charge >= 0.3 is 7.12 Å². The van der Waals surface area contributed by atoms with Crippen LogP contribution in [-0.2, 0) is 0 Å². The van der Waals surface area contributed by atoms with Crippen LogP contribution in [0.5, 0.6) is 0 Å². The predicted octanol–water partition coefficient (Wildman–Crippen LogP) is 1.13. The minimum absolute atomic E-state index is 0.434. The molecule has 1 aromatic carbocycles. The van der Waals surface area contributed by atoms with Crippen LogP contribution >= 0.6 is 23.4 Å². The van der Waals surface area contributed by atoms with E-state index in [0.717, 1.165) is 10.6 Å². The van der Waals surface area contributed by atoms with Gasteiger partial charge in [-0.2, -0.15) is 0 Å². The standard InChI is InChI=1S/C8H10BClO2S/c1-2-13-8-4-6(9(11)12)3-7(10)5-8/h3-5,11-12H,2H2,1H3. The van der Waals surface area contributed by atoms with E-state index in [0.29, 0.717) is 10.5 Å². The summed E-state index contributed by atoms with van der Waals surface area (Å²) in [5, 5.41) is 18.4. The molecule has 0 fully saturated rings. The van der Waals surface area contributed by atoms with Crippen molar-refractivity contribution in [1.82, 2.24) is 0 Å². The molecule has 0 aliphatic rings. The fourth-order valence-corrected chi connectivity index (χ4v) is 2.05. The quantitative estimate of drug-likeness (QED) is 0.588. The molecule has 0 aromatic heterocycles. The summed E-state index contributed by atoms with van der Waals surface area (Å²) in [4.78, 5) is 0.957. The van der Waals surface area contributed by atoms with Gasteiger partial charge in [0.05, 0.1) is 0 Å². The summed E-state index contributed by atoms with van der Waals surface area (Å²) in [5.74, 6) is 0.932. The third-order valence-corrected chi connectivity index (χ3v) is 2.58. The van der Waals surface area contributed by atoms with Gasteiger partial charge in [0.2, 0.25) is 0 Å². The topological polar surface area (TPSA) is 40.5 Å². The van der Waals surface area contributed by atoms with Gasteiger partial charge in [0.1, 0.15) is 0 Å². The summed E-state index contributed by atoms with van der Waals surface area (Å²) in [7, 11) is -1.45. The van der Waals surface area contributed by atoms with Crippen molar-refractivity contribution in [2.24, 2.45) is 0 Å². The van der Waals surface area contributed by atoms with E-state index < -0.39 is 7.12 Å². The Morgan fingerprint density at radius 2 is 2.08 bits per heavy atom. The van der Waals surface area contributed by atoms with Gasteiger partial charge in [-0.05, 0) is 29.4 Å². The maximum absolute atomic E-state index is 8.93. The van der Waals surface area contributed by atoms with Crippen molar-refractivity contribution in [3.8, 4) is 0 Å². The number of halogens is 1. The molecule has 0 aliphatic heterocycles. The second-order valence-electron chi connectivity index (χ2n) is 2.53. The van der Waals surface area contributed by atoms with Crippen molar-refractivity contribution in [1.29, 1.82) is 0 Å². The molecule has 0 atom stereocenters. The molecule has 5 heteroatoms. The zero-order valence-electron chi connectivity index (χ0n) is 7.20. The van der Waals surface area contributed by atoms with E-state index in [2.05, 4.69) is 0 Å². The summed E-state index contributed by atoms with van der Waals surface area (Å²) in [6.07, 6.45) is 0. The van der Waals surface area contributed by atoms with E-state index in [-0.39, 0.29) is 0 Å². The zero-order valence-corrected chi connectivity index (χ0v) is 8.77. The highest BCUT2D eigenvalue weighted by Crippen LogP contribution is 2.20. The summed E-state index contributed by atoms with van der Waals surface area (Å²) >= 11 is 7.41. The Hall–Kier alpha value is -0.155. The van der Waals surface area contributed by atoms with Crippen LogP contribution in [0.1, 0.15) is 6.92 Å². The molecule has 2 nitrogen and oxygen atoms in total. The van der Waals surface area contributed by atoms with Gasteiger partial charge in [-0.3, -0.25) is 0 Å². The number of hydrogen-bond acceptors (Lipinski definition) is 3. The van der Waals surface area contributed by atoms with E-state index in [1.807, 2.05) is 13.0 Å². The molecule has 0 amide bonds. The largest absolute Gasteiger partial charge is 0.488 e. The number of thioether (sulfide) groups is 1. The van der Waals surface area contributed by atoms with Gasteiger partial charge in [0.25, 0.3) is 0 Å².